The molecule has 0 saturated carbocycles. The van der Waals surface area contributed by atoms with E-state index in [1.54, 1.807) is 12.1 Å². The molecule has 1 heterocycles. The second kappa shape index (κ2) is 4.51. The van der Waals surface area contributed by atoms with E-state index in [0.29, 0.717) is 16.8 Å². The number of nitriles is 1. The van der Waals surface area contributed by atoms with Gasteiger partial charge in [0.1, 0.15) is 17.6 Å². The maximum absolute atomic E-state index is 13.3. The number of hydrogen-bond donors (Lipinski definition) is 0. The van der Waals surface area contributed by atoms with Crippen LogP contribution in [0.5, 0.6) is 0 Å². The van der Waals surface area contributed by atoms with Gasteiger partial charge in [-0.15, -0.1) is 0 Å². The maximum atomic E-state index is 13.3. The lowest BCUT2D eigenvalue weighted by Gasteiger charge is -2.06. The van der Waals surface area contributed by atoms with Gasteiger partial charge in [-0.2, -0.15) is 5.26 Å². The van der Waals surface area contributed by atoms with E-state index in [1.807, 2.05) is 30.3 Å². The Morgan fingerprint density at radius 1 is 1.00 bits per heavy atom. The van der Waals surface area contributed by atoms with Crippen LogP contribution in [0.4, 0.5) is 4.39 Å². The van der Waals surface area contributed by atoms with Gasteiger partial charge < -0.3 is 0 Å². The molecule has 0 aliphatic heterocycles. The third-order valence-electron chi connectivity index (χ3n) is 2.97. The van der Waals surface area contributed by atoms with E-state index in [2.05, 4.69) is 11.1 Å². The lowest BCUT2D eigenvalue weighted by atomic mass is 10.0. The van der Waals surface area contributed by atoms with Gasteiger partial charge in [0.2, 0.25) is 0 Å². The molecule has 0 aliphatic rings. The Morgan fingerprint density at radius 2 is 1.84 bits per heavy atom. The number of pyridine rings is 1. The first kappa shape index (κ1) is 11.4. The highest BCUT2D eigenvalue weighted by Crippen LogP contribution is 2.26. The van der Waals surface area contributed by atoms with Gasteiger partial charge in [0.05, 0.1) is 5.52 Å². The van der Waals surface area contributed by atoms with Crippen molar-refractivity contribution in [3.05, 3.63) is 66.1 Å². The van der Waals surface area contributed by atoms with Gasteiger partial charge in [-0.1, -0.05) is 30.3 Å². The normalized spacial score (nSPS) is 10.3. The van der Waals surface area contributed by atoms with Crippen LogP contribution in [0.2, 0.25) is 0 Å². The lowest BCUT2D eigenvalue weighted by molar-refractivity contribution is 0.628. The number of para-hydroxylation sites is 1. The summed E-state index contributed by atoms with van der Waals surface area (Å²) in [7, 11) is 0. The zero-order valence-corrected chi connectivity index (χ0v) is 9.97. The van der Waals surface area contributed by atoms with Crippen LogP contribution in [0, 0.1) is 17.1 Å². The number of nitrogens with zero attached hydrogens (tertiary/aromatic N) is 2. The van der Waals surface area contributed by atoms with Crippen molar-refractivity contribution in [3.8, 4) is 17.2 Å². The van der Waals surface area contributed by atoms with Crippen molar-refractivity contribution >= 4 is 10.9 Å². The van der Waals surface area contributed by atoms with Crippen molar-refractivity contribution in [1.29, 1.82) is 5.26 Å². The molecule has 3 rings (SSSR count). The number of hydrogen-bond acceptors (Lipinski definition) is 2. The summed E-state index contributed by atoms with van der Waals surface area (Å²) < 4.78 is 13.3. The van der Waals surface area contributed by atoms with E-state index in [-0.39, 0.29) is 5.82 Å². The van der Waals surface area contributed by atoms with E-state index in [1.165, 1.54) is 12.1 Å². The first-order chi connectivity index (χ1) is 9.28. The van der Waals surface area contributed by atoms with Crippen LogP contribution < -0.4 is 0 Å². The van der Waals surface area contributed by atoms with Crippen LogP contribution in [0.25, 0.3) is 22.0 Å². The van der Waals surface area contributed by atoms with Crippen LogP contribution >= 0.6 is 0 Å². The van der Waals surface area contributed by atoms with E-state index in [9.17, 15) is 9.65 Å². The Kier molecular flexibility index (Phi) is 2.70. The predicted molar refractivity (Wildman–Crippen MR) is 71.9 cm³/mol. The van der Waals surface area contributed by atoms with Gasteiger partial charge in [0.15, 0.2) is 0 Å². The largest absolute Gasteiger partial charge is 0.236 e. The van der Waals surface area contributed by atoms with Crippen molar-refractivity contribution in [1.82, 2.24) is 4.98 Å². The minimum absolute atomic E-state index is 0.310. The quantitative estimate of drug-likeness (QED) is 0.654. The average Bonchev–Trinajstić information content (AvgIpc) is 2.46. The highest BCUT2D eigenvalue weighted by Gasteiger charge is 2.09. The van der Waals surface area contributed by atoms with Crippen LogP contribution in [0.3, 0.4) is 0 Å². The fraction of sp³-hybridized carbons (Fsp3) is 0. The molecule has 0 amide bonds. The van der Waals surface area contributed by atoms with Crippen LogP contribution in [0.15, 0.2) is 54.6 Å². The maximum Gasteiger partial charge on any atom is 0.149 e. The van der Waals surface area contributed by atoms with Crippen LogP contribution in [-0.2, 0) is 0 Å². The smallest absolute Gasteiger partial charge is 0.149 e. The highest BCUT2D eigenvalue weighted by atomic mass is 19.1. The van der Waals surface area contributed by atoms with Gasteiger partial charge in [-0.25, -0.2) is 9.37 Å². The Labute approximate surface area is 109 Å². The molecule has 3 heteroatoms. The number of benzene rings is 2. The second-order valence-electron chi connectivity index (χ2n) is 4.20. The first-order valence-corrected chi connectivity index (χ1v) is 5.84. The summed E-state index contributed by atoms with van der Waals surface area (Å²) >= 11 is 0. The van der Waals surface area contributed by atoms with Gasteiger partial charge in [-0.3, -0.25) is 0 Å². The standard InChI is InChI=1S/C16H9FN2/c17-13-6-3-5-11(8-13)14-9-12-4-1-2-7-15(12)19-16(14)10-18/h1-9H. The van der Waals surface area contributed by atoms with Crippen molar-refractivity contribution < 1.29 is 4.39 Å². The number of aromatic nitrogens is 1. The zero-order chi connectivity index (χ0) is 13.2. The minimum atomic E-state index is -0.324. The summed E-state index contributed by atoms with van der Waals surface area (Å²) in [6.45, 7) is 0. The third-order valence-corrected chi connectivity index (χ3v) is 2.97. The molecule has 0 bridgehead atoms. The lowest BCUT2D eigenvalue weighted by Crippen LogP contribution is -1.91. The van der Waals surface area contributed by atoms with Gasteiger partial charge in [0.25, 0.3) is 0 Å². The van der Waals surface area contributed by atoms with Crippen molar-refractivity contribution in [2.24, 2.45) is 0 Å². The highest BCUT2D eigenvalue weighted by molar-refractivity contribution is 5.86. The van der Waals surface area contributed by atoms with E-state index >= 15 is 0 Å². The fourth-order valence-corrected chi connectivity index (χ4v) is 2.08. The molecule has 0 saturated heterocycles. The minimum Gasteiger partial charge on any atom is -0.236 e. The summed E-state index contributed by atoms with van der Waals surface area (Å²) in [5, 5.41) is 10.1. The summed E-state index contributed by atoms with van der Waals surface area (Å²) in [5.74, 6) is -0.324. The topological polar surface area (TPSA) is 36.7 Å². The average molecular weight is 248 g/mol. The van der Waals surface area contributed by atoms with E-state index < -0.39 is 0 Å². The SMILES string of the molecule is N#Cc1nc2ccccc2cc1-c1cccc(F)c1. The Morgan fingerprint density at radius 3 is 2.63 bits per heavy atom. The molecule has 2 nitrogen and oxygen atoms in total. The van der Waals surface area contributed by atoms with Gasteiger partial charge >= 0.3 is 0 Å². The van der Waals surface area contributed by atoms with Crippen LogP contribution in [-0.4, -0.2) is 4.98 Å². The zero-order valence-electron chi connectivity index (χ0n) is 9.97. The molecule has 2 aromatic carbocycles. The molecule has 0 fully saturated rings. The molecular weight excluding hydrogens is 239 g/mol. The first-order valence-electron chi connectivity index (χ1n) is 5.84. The molecule has 3 aromatic rings. The van der Waals surface area contributed by atoms with Crippen molar-refractivity contribution in [2.45, 2.75) is 0 Å². The molecule has 0 unspecified atom stereocenters. The van der Waals surface area contributed by atoms with E-state index in [0.717, 1.165) is 10.9 Å². The van der Waals surface area contributed by atoms with Gasteiger partial charge in [0, 0.05) is 10.9 Å². The number of halogens is 1. The van der Waals surface area contributed by atoms with Crippen molar-refractivity contribution in [3.63, 3.8) is 0 Å². The molecule has 90 valence electrons. The number of fused-ring (bicyclic) bond motifs is 1. The predicted octanol–water partition coefficient (Wildman–Crippen LogP) is 3.91. The number of rotatable bonds is 1. The van der Waals surface area contributed by atoms with Gasteiger partial charge in [-0.05, 0) is 29.8 Å². The second-order valence-corrected chi connectivity index (χ2v) is 4.20. The summed E-state index contributed by atoms with van der Waals surface area (Å²) in [6, 6.07) is 17.7. The third kappa shape index (κ3) is 2.04. The molecular formula is C16H9FN2. The monoisotopic (exact) mass is 248 g/mol. The summed E-state index contributed by atoms with van der Waals surface area (Å²) in [4.78, 5) is 4.32. The van der Waals surface area contributed by atoms with E-state index in [4.69, 9.17) is 0 Å². The van der Waals surface area contributed by atoms with Crippen molar-refractivity contribution in [2.75, 3.05) is 0 Å². The Hall–Kier alpha value is -2.73. The molecule has 0 spiro atoms. The fourth-order valence-electron chi connectivity index (χ4n) is 2.08. The molecule has 19 heavy (non-hydrogen) atoms. The Balaban J connectivity index is 2.31. The molecule has 0 aliphatic carbocycles. The summed E-state index contributed by atoms with van der Waals surface area (Å²) in [6.07, 6.45) is 0. The molecule has 0 atom stereocenters. The molecule has 0 radical (unpaired) electrons. The summed E-state index contributed by atoms with van der Waals surface area (Å²) in [5.41, 5.74) is 2.39. The van der Waals surface area contributed by atoms with Crippen LogP contribution in [0.1, 0.15) is 5.69 Å². The molecule has 1 aromatic heterocycles. The molecule has 0 N–H and O–H groups in total. The Bertz CT molecular complexity index is 803.